The molecule has 3 amide bonds. The summed E-state index contributed by atoms with van der Waals surface area (Å²) in [5, 5.41) is 17.8. The van der Waals surface area contributed by atoms with Crippen molar-refractivity contribution in [3.63, 3.8) is 0 Å². The highest BCUT2D eigenvalue weighted by Crippen LogP contribution is 2.57. The number of fused-ring (bicyclic) bond motifs is 9. The van der Waals surface area contributed by atoms with E-state index >= 15 is 0 Å². The van der Waals surface area contributed by atoms with Gasteiger partial charge in [0.1, 0.15) is 6.54 Å². The molecule has 2 fully saturated rings. The first-order valence-electron chi connectivity index (χ1n) is 42.3. The third-order valence-corrected chi connectivity index (χ3v) is 24.5. The SMILES string of the molecule is CC(=O)N1CC2(CC2)c2ccc(C(C)(C)C)cc21.CC(=O)N1CCc2ccc(C(C)(C)C)cc21.CC(C)(C)c1ccc2c(c1)NCC2.CC(C)(C)c1ccc2c(c1)NCC2(C)C.CC(C)(C)c1ccc2c(c1)NCC21CC1.CC(C)(C)c1ccc2c(c1)NCCC2.CNCC(=O)N(C)CC(=O)n1ccc2ccc(C(C)(C)C)cc21. The van der Waals surface area contributed by atoms with Gasteiger partial charge in [-0.25, -0.2) is 0 Å². The lowest BCUT2D eigenvalue weighted by atomic mass is 9.82. The van der Waals surface area contributed by atoms with Crippen LogP contribution in [0.15, 0.2) is 140 Å². The number of aromatic nitrogens is 1. The smallest absolute Gasteiger partial charge is 0.250 e. The standard InChI is InChI=1S/C18H25N3O2.C16H21NO.C14H19NO.C14H19N.C14H21N.C13H19N.C12H17N/c1-18(2,3)14-7-6-13-8-9-21(15(13)10-14)17(23)12-20(5)16(22)11-19-4;1-11(18)17-10-16(7-8-16)13-6-5-12(9-14(13)17)15(2,3)4;1-10(16)15-8-7-11-5-6-12(9-13(11)15)14(2,3)4;1-13(2,3)10-4-5-11-12(8-10)15-9-14(11)6-7-14;1-13(2,3)10-6-7-11-12(8-10)15-9-14(11,4)5;1-13(2,3)11-7-6-10-5-4-8-14-12(10)9-11;1-12(2,3)10-5-4-9-6-7-13-11(9)8-10/h6-10,19H,11-12H2,1-5H3;5-6,9H,7-8,10H2,1-4H3;5-6,9H,7-8H2,1-4H3;4-5,8,15H,6-7,9H2,1-3H3;6-8,15H,9H2,1-5H3;6-7,9,14H,4-5,8H2,1-3H3;4-5,8,13H,6-7H2,1-3H3. The number of nitrogens with zero attached hydrogens (tertiary/aromatic N) is 4. The fourth-order valence-electron chi connectivity index (χ4n) is 16.1. The Morgan fingerprint density at radius 1 is 0.430 bits per heavy atom. The number of benzene rings is 7. The first-order chi connectivity index (χ1) is 52.9. The lowest BCUT2D eigenvalue weighted by Crippen LogP contribution is -2.38. The summed E-state index contributed by atoms with van der Waals surface area (Å²) >= 11 is 0. The van der Waals surface area contributed by atoms with Crippen molar-refractivity contribution in [3.05, 3.63) is 212 Å². The molecule has 16 rings (SSSR count). The van der Waals surface area contributed by atoms with Gasteiger partial charge in [0.25, 0.3) is 5.91 Å². The van der Waals surface area contributed by atoms with Gasteiger partial charge in [-0.3, -0.25) is 23.7 Å². The molecule has 2 saturated carbocycles. The average molecular weight is 1550 g/mol. The summed E-state index contributed by atoms with van der Waals surface area (Å²) in [5.41, 5.74) is 29.1. The number of hydrogen-bond acceptors (Lipinski definition) is 9. The maximum Gasteiger partial charge on any atom is 0.250 e. The van der Waals surface area contributed by atoms with E-state index in [2.05, 4.69) is 307 Å². The minimum absolute atomic E-state index is 0.0197. The number of nitrogens with one attached hydrogen (secondary N) is 5. The molecule has 7 heterocycles. The summed E-state index contributed by atoms with van der Waals surface area (Å²) in [4.78, 5) is 52.9. The molecule has 0 unspecified atom stereocenters. The number of amides is 3. The van der Waals surface area contributed by atoms with Crippen LogP contribution >= 0.6 is 0 Å². The van der Waals surface area contributed by atoms with Crippen molar-refractivity contribution in [1.82, 2.24) is 14.8 Å². The number of anilines is 6. The topological polar surface area (TPSA) is 143 Å². The summed E-state index contributed by atoms with van der Waals surface area (Å²) in [6, 6.07) is 48.9. The van der Waals surface area contributed by atoms with E-state index in [0.29, 0.717) is 10.8 Å². The van der Waals surface area contributed by atoms with Crippen LogP contribution in [-0.2, 0) is 87.8 Å². The maximum absolute atomic E-state index is 12.5. The molecular weight excluding hydrogens is 1400 g/mol. The molecule has 13 nitrogen and oxygen atoms in total. The predicted octanol–water partition coefficient (Wildman–Crippen LogP) is 22.0. The molecule has 2 aliphatic carbocycles. The molecule has 13 heteroatoms. The first-order valence-corrected chi connectivity index (χ1v) is 42.3. The Kier molecular flexibility index (Phi) is 25.8. The Hall–Kier alpha value is -8.68. The summed E-state index contributed by atoms with van der Waals surface area (Å²) in [7, 11) is 3.35. The highest BCUT2D eigenvalue weighted by molar-refractivity contribution is 5.97. The zero-order chi connectivity index (χ0) is 83.9. The Balaban J connectivity index is 0.000000142. The molecule has 6 aliphatic heterocycles. The minimum atomic E-state index is -0.113. The molecule has 8 aromatic rings. The van der Waals surface area contributed by atoms with Crippen molar-refractivity contribution < 1.29 is 19.2 Å². The van der Waals surface area contributed by atoms with Crippen LogP contribution in [0.25, 0.3) is 10.9 Å². The Bertz CT molecular complexity index is 4730. The summed E-state index contributed by atoms with van der Waals surface area (Å²) in [5.74, 6) is 0.0987. The molecule has 8 aliphatic rings. The van der Waals surface area contributed by atoms with Crippen LogP contribution in [0.1, 0.15) is 282 Å². The molecule has 114 heavy (non-hydrogen) atoms. The fourth-order valence-corrected chi connectivity index (χ4v) is 16.1. The van der Waals surface area contributed by atoms with Crippen LogP contribution in [-0.4, -0.2) is 99.5 Å². The largest absolute Gasteiger partial charge is 0.385 e. The molecule has 7 aromatic carbocycles. The Morgan fingerprint density at radius 3 is 1.35 bits per heavy atom. The lowest BCUT2D eigenvalue weighted by molar-refractivity contribution is -0.128. The van der Waals surface area contributed by atoms with Gasteiger partial charge in [-0.15, -0.1) is 0 Å². The molecule has 5 N–H and O–H groups in total. The summed E-state index contributed by atoms with van der Waals surface area (Å²) in [6.45, 7) is 61.2. The van der Waals surface area contributed by atoms with E-state index in [9.17, 15) is 19.2 Å². The number of hydrogen-bond donors (Lipinski definition) is 5. The molecule has 1 aromatic heterocycles. The molecule has 0 atom stereocenters. The van der Waals surface area contributed by atoms with Crippen LogP contribution in [0, 0.1) is 0 Å². The van der Waals surface area contributed by atoms with Crippen LogP contribution in [0.2, 0.25) is 0 Å². The van der Waals surface area contributed by atoms with Gasteiger partial charge >= 0.3 is 0 Å². The van der Waals surface area contributed by atoms with Gasteiger partial charge in [-0.2, -0.15) is 0 Å². The van der Waals surface area contributed by atoms with Gasteiger partial charge in [-0.1, -0.05) is 244 Å². The number of rotatable bonds is 4. The van der Waals surface area contributed by atoms with Gasteiger partial charge in [-0.05, 0) is 217 Å². The molecule has 2 spiro atoms. The van der Waals surface area contributed by atoms with Crippen molar-refractivity contribution in [2.45, 2.75) is 279 Å². The van der Waals surface area contributed by atoms with Crippen LogP contribution in [0.5, 0.6) is 0 Å². The van der Waals surface area contributed by atoms with Crippen molar-refractivity contribution in [1.29, 1.82) is 0 Å². The van der Waals surface area contributed by atoms with Crippen LogP contribution < -0.4 is 36.4 Å². The number of carbonyl (C=O) groups excluding carboxylic acids is 4. The second kappa shape index (κ2) is 33.5. The lowest BCUT2D eigenvalue weighted by Gasteiger charge is -2.24. The third kappa shape index (κ3) is 20.9. The van der Waals surface area contributed by atoms with E-state index in [0.717, 1.165) is 68.0 Å². The first kappa shape index (κ1) is 87.7. The molecule has 614 valence electrons. The minimum Gasteiger partial charge on any atom is -0.385 e. The van der Waals surface area contributed by atoms with Gasteiger partial charge < -0.3 is 41.3 Å². The quantitative estimate of drug-likeness (QED) is 0.116. The van der Waals surface area contributed by atoms with Crippen molar-refractivity contribution >= 4 is 68.7 Å². The van der Waals surface area contributed by atoms with E-state index in [4.69, 9.17) is 0 Å². The van der Waals surface area contributed by atoms with Gasteiger partial charge in [0, 0.05) is 122 Å². The van der Waals surface area contributed by atoms with E-state index < -0.39 is 0 Å². The van der Waals surface area contributed by atoms with Crippen LogP contribution in [0.3, 0.4) is 0 Å². The summed E-state index contributed by atoms with van der Waals surface area (Å²) in [6.07, 6.45) is 11.7. The van der Waals surface area contributed by atoms with Gasteiger partial charge in [0.15, 0.2) is 0 Å². The normalized spacial score (nSPS) is 16.6. The number of aryl methyl sites for hydroxylation is 1. The molecule has 0 bridgehead atoms. The number of likely N-dealkylation sites (N-methyl/N-ethyl adjacent to an activating group) is 2. The zero-order valence-corrected chi connectivity index (χ0v) is 75.0. The van der Waals surface area contributed by atoms with E-state index in [1.54, 1.807) is 44.3 Å². The zero-order valence-electron chi connectivity index (χ0n) is 75.0. The Labute approximate surface area is 686 Å². The van der Waals surface area contributed by atoms with Gasteiger partial charge in [0.05, 0.1) is 12.1 Å². The second-order valence-corrected chi connectivity index (χ2v) is 41.6. The van der Waals surface area contributed by atoms with Crippen LogP contribution in [0.4, 0.5) is 34.1 Å². The fraction of sp³-hybridized carbons (Fsp3) is 0.525. The highest BCUT2D eigenvalue weighted by Gasteiger charge is 2.53. The van der Waals surface area contributed by atoms with E-state index in [1.165, 1.54) is 139 Å². The molecular formula is C101H141N9O4. The Morgan fingerprint density at radius 2 is 0.851 bits per heavy atom. The summed E-state index contributed by atoms with van der Waals surface area (Å²) < 4.78 is 1.63. The van der Waals surface area contributed by atoms with Gasteiger partial charge in [0.2, 0.25) is 17.7 Å². The number of carbonyl (C=O) groups is 4. The maximum atomic E-state index is 12.5. The average Bonchev–Trinajstić information content (AvgIpc) is 1.56. The van der Waals surface area contributed by atoms with Crippen molar-refractivity contribution in [3.8, 4) is 0 Å². The van der Waals surface area contributed by atoms with Crippen molar-refractivity contribution in [2.75, 3.05) is 97.5 Å². The predicted molar refractivity (Wildman–Crippen MR) is 484 cm³/mol. The molecule has 0 radical (unpaired) electrons. The van der Waals surface area contributed by atoms with E-state index in [1.807, 2.05) is 21.9 Å². The molecule has 0 saturated heterocycles. The van der Waals surface area contributed by atoms with E-state index in [-0.39, 0.29) is 80.0 Å². The highest BCUT2D eigenvalue weighted by atomic mass is 16.2. The second-order valence-electron chi connectivity index (χ2n) is 41.6. The van der Waals surface area contributed by atoms with Crippen molar-refractivity contribution in [2.24, 2.45) is 0 Å². The third-order valence-electron chi connectivity index (χ3n) is 24.5. The monoisotopic (exact) mass is 1540 g/mol.